The van der Waals surface area contributed by atoms with Gasteiger partial charge in [-0.15, -0.1) is 0 Å². The Bertz CT molecular complexity index is 1000. The number of aromatic nitrogens is 2. The van der Waals surface area contributed by atoms with Crippen molar-refractivity contribution in [1.82, 2.24) is 10.2 Å². The smallest absolute Gasteiger partial charge is 0.289 e. The second kappa shape index (κ2) is 6.34. The first-order valence-electron chi connectivity index (χ1n) is 7.04. The molecule has 3 rings (SSSR count). The number of rotatable bonds is 5. The van der Waals surface area contributed by atoms with Crippen LogP contribution < -0.4 is 10.0 Å². The van der Waals surface area contributed by atoms with E-state index in [0.29, 0.717) is 17.2 Å². The third-order valence-corrected chi connectivity index (χ3v) is 4.40. The largest absolute Gasteiger partial charge is 0.293 e. The molecular weight excluding hydrogens is 346 g/mol. The number of hydrogen-bond acceptors (Lipinski definition) is 6. The highest BCUT2D eigenvalue weighted by Gasteiger charge is 2.23. The number of nitrogens with zero attached hydrogens (tertiary/aromatic N) is 3. The van der Waals surface area contributed by atoms with Gasteiger partial charge in [-0.3, -0.25) is 20.1 Å². The molecule has 25 heavy (non-hydrogen) atoms. The average molecular weight is 359 g/mol. The van der Waals surface area contributed by atoms with Gasteiger partial charge in [0.05, 0.1) is 16.0 Å². The molecule has 1 aromatic heterocycles. The zero-order chi connectivity index (χ0) is 18.0. The number of nitro benzene ring substituents is 1. The van der Waals surface area contributed by atoms with Gasteiger partial charge in [0.15, 0.2) is 0 Å². The van der Waals surface area contributed by atoms with Crippen molar-refractivity contribution < 1.29 is 13.3 Å². The van der Waals surface area contributed by atoms with E-state index in [0.717, 1.165) is 0 Å². The zero-order valence-electron chi connectivity index (χ0n) is 12.7. The number of H-pyrrole nitrogens is 1. The molecule has 0 radical (unpaired) electrons. The Morgan fingerprint density at radius 2 is 1.76 bits per heavy atom. The van der Waals surface area contributed by atoms with Gasteiger partial charge >= 0.3 is 0 Å². The van der Waals surface area contributed by atoms with Crippen LogP contribution in [0, 0.1) is 10.1 Å². The molecule has 0 aliphatic carbocycles. The van der Waals surface area contributed by atoms with E-state index >= 15 is 0 Å². The molecule has 3 aromatic rings. The number of nitrogens with two attached hydrogens (primary N) is 1. The van der Waals surface area contributed by atoms with Gasteiger partial charge in [-0.05, 0) is 30.3 Å². The summed E-state index contributed by atoms with van der Waals surface area (Å²) < 4.78 is 22.8. The summed E-state index contributed by atoms with van der Waals surface area (Å²) >= 11 is 0. The summed E-state index contributed by atoms with van der Waals surface area (Å²) in [6, 6.07) is 13.6. The summed E-state index contributed by atoms with van der Waals surface area (Å²) in [4.78, 5) is 12.4. The van der Waals surface area contributed by atoms with E-state index in [-0.39, 0.29) is 10.6 Å². The van der Waals surface area contributed by atoms with Gasteiger partial charge < -0.3 is 0 Å². The fraction of sp³-hybridized carbons (Fsp3) is 0. The van der Waals surface area contributed by atoms with Gasteiger partial charge in [-0.25, -0.2) is 13.6 Å². The molecule has 3 N–H and O–H groups in total. The number of sulfonamides is 1. The van der Waals surface area contributed by atoms with Crippen LogP contribution in [-0.2, 0) is 10.0 Å². The van der Waals surface area contributed by atoms with Crippen molar-refractivity contribution >= 4 is 32.9 Å². The molecule has 0 saturated heterocycles. The maximum Gasteiger partial charge on any atom is 0.293 e. The topological polar surface area (TPSA) is 135 Å². The zero-order valence-corrected chi connectivity index (χ0v) is 13.6. The van der Waals surface area contributed by atoms with E-state index in [4.69, 9.17) is 5.14 Å². The van der Waals surface area contributed by atoms with Crippen LogP contribution in [0.4, 0.5) is 22.9 Å². The Hall–Kier alpha value is -3.24. The Balaban J connectivity index is 2.17. The first kappa shape index (κ1) is 16.6. The van der Waals surface area contributed by atoms with E-state index in [9.17, 15) is 18.5 Å². The van der Waals surface area contributed by atoms with E-state index < -0.39 is 14.9 Å². The molecule has 0 bridgehead atoms. The quantitative estimate of drug-likeness (QED) is 0.530. The first-order valence-corrected chi connectivity index (χ1v) is 8.58. The van der Waals surface area contributed by atoms with Crippen molar-refractivity contribution in [3.05, 3.63) is 70.9 Å². The van der Waals surface area contributed by atoms with Gasteiger partial charge in [0.2, 0.25) is 10.0 Å². The molecule has 9 nitrogen and oxygen atoms in total. The van der Waals surface area contributed by atoms with Crippen molar-refractivity contribution in [2.45, 2.75) is 4.90 Å². The van der Waals surface area contributed by atoms with Crippen LogP contribution in [-0.4, -0.2) is 23.5 Å². The summed E-state index contributed by atoms with van der Waals surface area (Å²) in [6.45, 7) is 0. The van der Waals surface area contributed by atoms with Crippen molar-refractivity contribution in [3.63, 3.8) is 0 Å². The number of benzene rings is 2. The fourth-order valence-corrected chi connectivity index (χ4v) is 2.89. The normalized spacial score (nSPS) is 11.2. The minimum absolute atomic E-state index is 0.0524. The van der Waals surface area contributed by atoms with E-state index in [1.807, 2.05) is 0 Å². The Morgan fingerprint density at radius 1 is 1.08 bits per heavy atom. The molecule has 10 heteroatoms. The van der Waals surface area contributed by atoms with Gasteiger partial charge in [-0.1, -0.05) is 12.1 Å². The van der Waals surface area contributed by atoms with Gasteiger partial charge in [0.1, 0.15) is 11.5 Å². The highest BCUT2D eigenvalue weighted by atomic mass is 32.2. The van der Waals surface area contributed by atoms with Crippen LogP contribution in [0.3, 0.4) is 0 Å². The molecule has 128 valence electrons. The lowest BCUT2D eigenvalue weighted by molar-refractivity contribution is -0.384. The number of anilines is 3. The van der Waals surface area contributed by atoms with Crippen LogP contribution in [0.25, 0.3) is 0 Å². The summed E-state index contributed by atoms with van der Waals surface area (Å²) in [5.41, 5.74) is 0.707. The highest BCUT2D eigenvalue weighted by molar-refractivity contribution is 7.89. The number of nitrogens with one attached hydrogen (secondary N) is 1. The van der Waals surface area contributed by atoms with Crippen molar-refractivity contribution in [1.29, 1.82) is 0 Å². The van der Waals surface area contributed by atoms with Gasteiger partial charge in [0, 0.05) is 17.8 Å². The number of hydrogen-bond donors (Lipinski definition) is 2. The molecule has 0 spiro atoms. The van der Waals surface area contributed by atoms with Crippen LogP contribution in [0.5, 0.6) is 0 Å². The molecule has 0 saturated carbocycles. The summed E-state index contributed by atoms with van der Waals surface area (Å²) in [7, 11) is -3.83. The molecule has 0 unspecified atom stereocenters. The lowest BCUT2D eigenvalue weighted by Crippen LogP contribution is -2.14. The third-order valence-electron chi connectivity index (χ3n) is 3.47. The number of aromatic amines is 1. The molecule has 1 heterocycles. The Morgan fingerprint density at radius 3 is 2.32 bits per heavy atom. The maximum atomic E-state index is 11.4. The van der Waals surface area contributed by atoms with Gasteiger partial charge in [-0.2, -0.15) is 5.10 Å². The second-order valence-corrected chi connectivity index (χ2v) is 6.62. The monoisotopic (exact) mass is 359 g/mol. The molecule has 0 aliphatic rings. The summed E-state index contributed by atoms with van der Waals surface area (Å²) in [5.74, 6) is 0.484. The lowest BCUT2D eigenvalue weighted by atomic mass is 10.2. The molecular formula is C15H13N5O4S. The van der Waals surface area contributed by atoms with E-state index in [2.05, 4.69) is 10.2 Å². The van der Waals surface area contributed by atoms with E-state index in [1.54, 1.807) is 29.2 Å². The van der Waals surface area contributed by atoms with Crippen LogP contribution in [0.2, 0.25) is 0 Å². The Labute approximate surface area is 142 Å². The fourth-order valence-electron chi connectivity index (χ4n) is 2.37. The number of nitro groups is 1. The van der Waals surface area contributed by atoms with E-state index in [1.165, 1.54) is 36.5 Å². The SMILES string of the molecule is NS(=O)(=O)c1ccc(N(c2ccn[nH]2)c2ccccc2[N+](=O)[O-])cc1. The van der Waals surface area contributed by atoms with Crippen LogP contribution >= 0.6 is 0 Å². The molecule has 2 aromatic carbocycles. The van der Waals surface area contributed by atoms with Crippen molar-refractivity contribution in [3.8, 4) is 0 Å². The summed E-state index contributed by atoms with van der Waals surface area (Å²) in [5, 5.41) is 23.1. The van der Waals surface area contributed by atoms with Gasteiger partial charge in [0.25, 0.3) is 5.69 Å². The predicted octanol–water partition coefficient (Wildman–Crippen LogP) is 2.44. The maximum absolute atomic E-state index is 11.4. The molecule has 0 fully saturated rings. The Kier molecular flexibility index (Phi) is 4.21. The highest BCUT2D eigenvalue weighted by Crippen LogP contribution is 2.38. The lowest BCUT2D eigenvalue weighted by Gasteiger charge is -2.23. The molecule has 0 atom stereocenters. The van der Waals surface area contributed by atoms with Crippen LogP contribution in [0.15, 0.2) is 65.7 Å². The molecule has 0 amide bonds. The average Bonchev–Trinajstić information content (AvgIpc) is 3.09. The standard InChI is InChI=1S/C15H13N5O4S/c16-25(23,24)12-7-5-11(6-8-12)19(15-9-10-17-18-15)13-3-1-2-4-14(13)20(21)22/h1-10H,(H,17,18)(H2,16,23,24). The number of para-hydroxylation sites is 2. The molecule has 0 aliphatic heterocycles. The third kappa shape index (κ3) is 3.34. The van der Waals surface area contributed by atoms with Crippen LogP contribution in [0.1, 0.15) is 0 Å². The minimum Gasteiger partial charge on any atom is -0.289 e. The minimum atomic E-state index is -3.83. The van der Waals surface area contributed by atoms with Crippen molar-refractivity contribution in [2.24, 2.45) is 5.14 Å². The number of primary sulfonamides is 1. The first-order chi connectivity index (χ1) is 11.9. The van der Waals surface area contributed by atoms with Crippen molar-refractivity contribution in [2.75, 3.05) is 4.90 Å². The predicted molar refractivity (Wildman–Crippen MR) is 91.3 cm³/mol. The second-order valence-electron chi connectivity index (χ2n) is 5.06. The summed E-state index contributed by atoms with van der Waals surface area (Å²) in [6.07, 6.45) is 1.51.